The van der Waals surface area contributed by atoms with Gasteiger partial charge >= 0.3 is 0 Å². The van der Waals surface area contributed by atoms with Gasteiger partial charge in [-0.1, -0.05) is 72.8 Å². The second-order valence-electron chi connectivity index (χ2n) is 12.4. The Morgan fingerprint density at radius 1 is 0.620 bits per heavy atom. The molecule has 0 saturated carbocycles. The first kappa shape index (κ1) is 31.3. The van der Waals surface area contributed by atoms with E-state index in [1.54, 1.807) is 6.08 Å². The van der Waals surface area contributed by atoms with Crippen LogP contribution in [0.5, 0.6) is 0 Å². The van der Waals surface area contributed by atoms with Crippen LogP contribution in [-0.4, -0.2) is 49.8 Å². The SMILES string of the molecule is CCN1C(=O)C(=CC=C2N(c3cccc4ccccc34)c3nc4cc(C)c(C)cc4nc3N2c2cccc3ccccc23)C(=O)N(CC)C1=S. The van der Waals surface area contributed by atoms with Crippen molar-refractivity contribution in [3.05, 3.63) is 132 Å². The van der Waals surface area contributed by atoms with Crippen molar-refractivity contribution >= 4 is 84.7 Å². The molecule has 8 nitrogen and oxygen atoms in total. The molecule has 0 atom stereocenters. The van der Waals surface area contributed by atoms with E-state index >= 15 is 0 Å². The Kier molecular flexibility index (Phi) is 7.64. The fraction of sp³-hybridized carbons (Fsp3) is 0.146. The molecule has 0 unspecified atom stereocenters. The third-order valence-corrected chi connectivity index (χ3v) is 10.0. The summed E-state index contributed by atoms with van der Waals surface area (Å²) < 4.78 is 0. The molecule has 9 heteroatoms. The van der Waals surface area contributed by atoms with E-state index in [4.69, 9.17) is 22.2 Å². The molecule has 246 valence electrons. The topological polar surface area (TPSA) is 72.9 Å². The smallest absolute Gasteiger partial charge is 0.265 e. The lowest BCUT2D eigenvalue weighted by Crippen LogP contribution is -2.55. The van der Waals surface area contributed by atoms with Gasteiger partial charge in [0.15, 0.2) is 16.7 Å². The molecule has 0 radical (unpaired) electrons. The van der Waals surface area contributed by atoms with Gasteiger partial charge in [-0.3, -0.25) is 29.2 Å². The second kappa shape index (κ2) is 12.2. The second-order valence-corrected chi connectivity index (χ2v) is 12.8. The van der Waals surface area contributed by atoms with Crippen LogP contribution in [0.1, 0.15) is 25.0 Å². The molecule has 3 heterocycles. The van der Waals surface area contributed by atoms with Crippen LogP contribution in [0.2, 0.25) is 0 Å². The quantitative estimate of drug-likeness (QED) is 0.103. The molecule has 0 spiro atoms. The van der Waals surface area contributed by atoms with Crippen molar-refractivity contribution in [2.45, 2.75) is 27.7 Å². The number of rotatable bonds is 5. The van der Waals surface area contributed by atoms with Crippen molar-refractivity contribution in [1.29, 1.82) is 0 Å². The number of carbonyl (C=O) groups is 2. The summed E-state index contributed by atoms with van der Waals surface area (Å²) in [5.41, 5.74) is 5.63. The van der Waals surface area contributed by atoms with E-state index in [1.165, 1.54) is 9.80 Å². The molecule has 1 fully saturated rings. The summed E-state index contributed by atoms with van der Waals surface area (Å²) in [6.45, 7) is 8.57. The van der Waals surface area contributed by atoms with E-state index in [1.807, 2.05) is 56.3 Å². The molecule has 2 aliphatic heterocycles. The highest BCUT2D eigenvalue weighted by molar-refractivity contribution is 7.80. The van der Waals surface area contributed by atoms with Crippen LogP contribution in [-0.2, 0) is 9.59 Å². The highest BCUT2D eigenvalue weighted by atomic mass is 32.1. The maximum Gasteiger partial charge on any atom is 0.265 e. The zero-order valence-corrected chi connectivity index (χ0v) is 29.0. The number of hydrogen-bond acceptors (Lipinski definition) is 7. The minimum atomic E-state index is -0.416. The fourth-order valence-electron chi connectivity index (χ4n) is 6.90. The number of thiocarbonyl (C=S) groups is 1. The first-order valence-corrected chi connectivity index (χ1v) is 17.2. The number of benzene rings is 5. The number of likely N-dealkylation sites (N-methyl/N-ethyl adjacent to an activating group) is 2. The zero-order chi connectivity index (χ0) is 34.7. The van der Waals surface area contributed by atoms with Crippen LogP contribution in [0, 0.1) is 13.8 Å². The van der Waals surface area contributed by atoms with Gasteiger partial charge in [0.25, 0.3) is 11.8 Å². The molecule has 8 rings (SSSR count). The third-order valence-electron chi connectivity index (χ3n) is 9.58. The van der Waals surface area contributed by atoms with Crippen molar-refractivity contribution in [2.24, 2.45) is 0 Å². The van der Waals surface area contributed by atoms with E-state index in [-0.39, 0.29) is 10.7 Å². The minimum Gasteiger partial charge on any atom is -0.285 e. The van der Waals surface area contributed by atoms with Crippen molar-refractivity contribution in [2.75, 3.05) is 22.9 Å². The van der Waals surface area contributed by atoms with Crippen LogP contribution < -0.4 is 9.80 Å². The van der Waals surface area contributed by atoms with Gasteiger partial charge < -0.3 is 0 Å². The summed E-state index contributed by atoms with van der Waals surface area (Å²) in [6.07, 6.45) is 3.47. The Hall–Kier alpha value is -5.93. The number of hydrogen-bond donors (Lipinski definition) is 0. The van der Waals surface area contributed by atoms with Gasteiger partial charge in [0, 0.05) is 23.9 Å². The lowest BCUT2D eigenvalue weighted by molar-refractivity contribution is -0.133. The largest absolute Gasteiger partial charge is 0.285 e. The Morgan fingerprint density at radius 3 is 1.52 bits per heavy atom. The van der Waals surface area contributed by atoms with Crippen LogP contribution >= 0.6 is 12.2 Å². The number of carbonyl (C=O) groups excluding carboxylic acids is 2. The molecule has 2 aliphatic rings. The molecule has 5 aromatic carbocycles. The first-order chi connectivity index (χ1) is 24.3. The summed E-state index contributed by atoms with van der Waals surface area (Å²) in [6, 6.07) is 33.0. The Balaban J connectivity index is 1.46. The van der Waals surface area contributed by atoms with Crippen molar-refractivity contribution < 1.29 is 9.59 Å². The predicted octanol–water partition coefficient (Wildman–Crippen LogP) is 8.61. The van der Waals surface area contributed by atoms with E-state index in [0.29, 0.717) is 30.5 Å². The number of fused-ring (bicyclic) bond motifs is 4. The van der Waals surface area contributed by atoms with Gasteiger partial charge in [-0.05, 0) is 98.2 Å². The molecule has 0 aliphatic carbocycles. The summed E-state index contributed by atoms with van der Waals surface area (Å²) in [5, 5.41) is 4.40. The van der Waals surface area contributed by atoms with Crippen molar-refractivity contribution in [3.8, 4) is 0 Å². The number of amides is 2. The maximum absolute atomic E-state index is 13.8. The minimum absolute atomic E-state index is 0.0406. The molecule has 1 saturated heterocycles. The van der Waals surface area contributed by atoms with Gasteiger partial charge in [0.2, 0.25) is 0 Å². The zero-order valence-electron chi connectivity index (χ0n) is 28.2. The van der Waals surface area contributed by atoms with E-state index < -0.39 is 11.8 Å². The lowest BCUT2D eigenvalue weighted by atomic mass is 10.1. The summed E-state index contributed by atoms with van der Waals surface area (Å²) in [4.78, 5) is 45.3. The van der Waals surface area contributed by atoms with Gasteiger partial charge in [-0.2, -0.15) is 0 Å². The van der Waals surface area contributed by atoms with Crippen LogP contribution in [0.15, 0.2) is 121 Å². The summed E-state index contributed by atoms with van der Waals surface area (Å²) >= 11 is 5.54. The normalized spacial score (nSPS) is 14.8. The number of anilines is 4. The van der Waals surface area contributed by atoms with Gasteiger partial charge in [-0.15, -0.1) is 0 Å². The van der Waals surface area contributed by atoms with Crippen LogP contribution in [0.3, 0.4) is 0 Å². The highest BCUT2D eigenvalue weighted by Crippen LogP contribution is 2.51. The Labute approximate surface area is 295 Å². The van der Waals surface area contributed by atoms with Gasteiger partial charge in [0.1, 0.15) is 11.4 Å². The molecule has 0 bridgehead atoms. The average molecular weight is 675 g/mol. The van der Waals surface area contributed by atoms with E-state index in [9.17, 15) is 9.59 Å². The molecule has 2 amide bonds. The average Bonchev–Trinajstić information content (AvgIpc) is 3.43. The maximum atomic E-state index is 13.8. The van der Waals surface area contributed by atoms with E-state index in [2.05, 4.69) is 84.3 Å². The van der Waals surface area contributed by atoms with Crippen LogP contribution in [0.4, 0.5) is 23.0 Å². The fourth-order valence-corrected chi connectivity index (χ4v) is 7.32. The molecular weight excluding hydrogens is 641 g/mol. The van der Waals surface area contributed by atoms with Crippen molar-refractivity contribution in [1.82, 2.24) is 19.8 Å². The number of aryl methyl sites for hydroxylation is 2. The van der Waals surface area contributed by atoms with Gasteiger partial charge in [0.05, 0.1) is 22.4 Å². The molecular formula is C41H34N6O2S. The molecule has 6 aromatic rings. The number of nitrogens with zero attached hydrogens (tertiary/aromatic N) is 6. The van der Waals surface area contributed by atoms with E-state index in [0.717, 1.165) is 55.1 Å². The number of allylic oxidation sites excluding steroid dienone is 2. The number of aromatic nitrogens is 2. The summed E-state index contributed by atoms with van der Waals surface area (Å²) in [5.74, 6) is 1.12. The lowest BCUT2D eigenvalue weighted by Gasteiger charge is -2.35. The third kappa shape index (κ3) is 4.84. The predicted molar refractivity (Wildman–Crippen MR) is 205 cm³/mol. The Bertz CT molecular complexity index is 2320. The standard InChI is InChI=1S/C41H34N6O2S/c1-5-44-39(48)31(40(49)45(6-2)41(44)50)21-22-36-46(34-19-11-15-27-13-7-9-17-29(27)34)37-38(43-33-24-26(4)25(3)23-32(33)42-37)47(36)35-20-12-16-28-14-8-10-18-30(28)35/h7-24H,5-6H2,1-4H3. The summed E-state index contributed by atoms with van der Waals surface area (Å²) in [7, 11) is 0. The van der Waals surface area contributed by atoms with Crippen molar-refractivity contribution in [3.63, 3.8) is 0 Å². The first-order valence-electron chi connectivity index (χ1n) is 16.7. The highest BCUT2D eigenvalue weighted by Gasteiger charge is 2.40. The molecule has 0 N–H and O–H groups in total. The molecule has 50 heavy (non-hydrogen) atoms. The van der Waals surface area contributed by atoms with Crippen LogP contribution in [0.25, 0.3) is 32.6 Å². The Morgan fingerprint density at radius 2 is 1.06 bits per heavy atom. The monoisotopic (exact) mass is 674 g/mol. The van der Waals surface area contributed by atoms with Gasteiger partial charge in [-0.25, -0.2) is 9.97 Å². The molecule has 1 aromatic heterocycles.